The van der Waals surface area contributed by atoms with Crippen LogP contribution < -0.4 is 10.1 Å². The van der Waals surface area contributed by atoms with Crippen molar-refractivity contribution in [3.05, 3.63) is 59.7 Å². The zero-order valence-electron chi connectivity index (χ0n) is 12.7. The van der Waals surface area contributed by atoms with Gasteiger partial charge in [-0.25, -0.2) is 0 Å². The Kier molecular flexibility index (Phi) is 4.99. The molecule has 3 heteroatoms. The van der Waals surface area contributed by atoms with Gasteiger partial charge in [0.25, 0.3) is 5.91 Å². The molecule has 0 heterocycles. The lowest BCUT2D eigenvalue weighted by Crippen LogP contribution is -2.30. The zero-order chi connectivity index (χ0) is 15.2. The Morgan fingerprint density at radius 2 is 1.95 bits per heavy atom. The molecule has 2 aromatic rings. The van der Waals surface area contributed by atoms with Crippen LogP contribution in [-0.4, -0.2) is 12.0 Å². The highest BCUT2D eigenvalue weighted by atomic mass is 16.5. The number of amides is 1. The van der Waals surface area contributed by atoms with Gasteiger partial charge in [-0.05, 0) is 55.7 Å². The van der Waals surface area contributed by atoms with E-state index in [1.54, 1.807) is 6.92 Å². The van der Waals surface area contributed by atoms with Crippen molar-refractivity contribution in [1.82, 2.24) is 0 Å². The number of benzene rings is 2. The number of ether oxygens (including phenoxy) is 1. The number of hydrogen-bond donors (Lipinski definition) is 1. The molecule has 2 aromatic carbocycles. The largest absolute Gasteiger partial charge is 0.481 e. The van der Waals surface area contributed by atoms with Crippen LogP contribution in [0.25, 0.3) is 0 Å². The molecule has 110 valence electrons. The fourth-order valence-electron chi connectivity index (χ4n) is 2.06. The third kappa shape index (κ3) is 4.35. The van der Waals surface area contributed by atoms with Gasteiger partial charge in [-0.1, -0.05) is 31.2 Å². The van der Waals surface area contributed by atoms with Gasteiger partial charge in [-0.2, -0.15) is 0 Å². The van der Waals surface area contributed by atoms with Crippen molar-refractivity contribution in [2.24, 2.45) is 0 Å². The lowest BCUT2D eigenvalue weighted by atomic mass is 10.1. The van der Waals surface area contributed by atoms with Gasteiger partial charge in [0.15, 0.2) is 6.10 Å². The van der Waals surface area contributed by atoms with Crippen LogP contribution in [0.2, 0.25) is 0 Å². The average Bonchev–Trinajstić information content (AvgIpc) is 2.47. The SMILES string of the molecule is CCc1cccc(O[C@@H](C)C(=O)Nc2cccc(C)c2)c1. The van der Waals surface area contributed by atoms with Crippen molar-refractivity contribution in [2.75, 3.05) is 5.32 Å². The maximum absolute atomic E-state index is 12.1. The number of carbonyl (C=O) groups excluding carboxylic acids is 1. The predicted molar refractivity (Wildman–Crippen MR) is 85.7 cm³/mol. The van der Waals surface area contributed by atoms with Gasteiger partial charge in [0.05, 0.1) is 0 Å². The highest BCUT2D eigenvalue weighted by Crippen LogP contribution is 2.16. The fraction of sp³-hybridized carbons (Fsp3) is 0.278. The van der Waals surface area contributed by atoms with Crippen molar-refractivity contribution in [1.29, 1.82) is 0 Å². The number of hydrogen-bond acceptors (Lipinski definition) is 2. The molecular weight excluding hydrogens is 262 g/mol. The smallest absolute Gasteiger partial charge is 0.265 e. The normalized spacial score (nSPS) is 11.8. The molecule has 0 saturated heterocycles. The van der Waals surface area contributed by atoms with Crippen molar-refractivity contribution in [3.8, 4) is 5.75 Å². The molecule has 0 spiro atoms. The Hall–Kier alpha value is -2.29. The van der Waals surface area contributed by atoms with Gasteiger partial charge in [-0.15, -0.1) is 0 Å². The van der Waals surface area contributed by atoms with Crippen molar-refractivity contribution in [2.45, 2.75) is 33.3 Å². The van der Waals surface area contributed by atoms with Crippen LogP contribution >= 0.6 is 0 Å². The number of aryl methyl sites for hydroxylation is 2. The quantitative estimate of drug-likeness (QED) is 0.902. The van der Waals surface area contributed by atoms with Crippen LogP contribution in [-0.2, 0) is 11.2 Å². The highest BCUT2D eigenvalue weighted by Gasteiger charge is 2.15. The van der Waals surface area contributed by atoms with E-state index in [2.05, 4.69) is 12.2 Å². The van der Waals surface area contributed by atoms with Gasteiger partial charge >= 0.3 is 0 Å². The summed E-state index contributed by atoms with van der Waals surface area (Å²) < 4.78 is 5.71. The summed E-state index contributed by atoms with van der Waals surface area (Å²) in [6.07, 6.45) is 0.402. The summed E-state index contributed by atoms with van der Waals surface area (Å²) in [6, 6.07) is 15.5. The first-order valence-corrected chi connectivity index (χ1v) is 7.21. The fourth-order valence-corrected chi connectivity index (χ4v) is 2.06. The second kappa shape index (κ2) is 6.93. The lowest BCUT2D eigenvalue weighted by Gasteiger charge is -2.15. The molecule has 1 amide bonds. The monoisotopic (exact) mass is 283 g/mol. The Morgan fingerprint density at radius 3 is 2.67 bits per heavy atom. The maximum atomic E-state index is 12.1. The van der Waals surface area contributed by atoms with Crippen LogP contribution in [0.4, 0.5) is 5.69 Å². The molecule has 2 rings (SSSR count). The van der Waals surface area contributed by atoms with Gasteiger partial charge in [0.2, 0.25) is 0 Å². The minimum atomic E-state index is -0.544. The summed E-state index contributed by atoms with van der Waals surface area (Å²) in [5.74, 6) is 0.573. The number of carbonyl (C=O) groups is 1. The first kappa shape index (κ1) is 15.1. The summed E-state index contributed by atoms with van der Waals surface area (Å²) in [6.45, 7) is 5.84. The van der Waals surface area contributed by atoms with Gasteiger partial charge in [0.1, 0.15) is 5.75 Å². The molecule has 0 aromatic heterocycles. The summed E-state index contributed by atoms with van der Waals surface area (Å²) in [5, 5.41) is 2.87. The van der Waals surface area contributed by atoms with Gasteiger partial charge < -0.3 is 10.1 Å². The van der Waals surface area contributed by atoms with Crippen LogP contribution in [0.15, 0.2) is 48.5 Å². The second-order valence-corrected chi connectivity index (χ2v) is 5.12. The van der Waals surface area contributed by atoms with Crippen LogP contribution in [0.1, 0.15) is 25.0 Å². The van der Waals surface area contributed by atoms with E-state index in [1.165, 1.54) is 5.56 Å². The van der Waals surface area contributed by atoms with Gasteiger partial charge in [0, 0.05) is 5.69 Å². The Morgan fingerprint density at radius 1 is 1.19 bits per heavy atom. The minimum Gasteiger partial charge on any atom is -0.481 e. The number of rotatable bonds is 5. The van der Waals surface area contributed by atoms with E-state index in [0.717, 1.165) is 23.4 Å². The van der Waals surface area contributed by atoms with Crippen molar-refractivity contribution < 1.29 is 9.53 Å². The zero-order valence-corrected chi connectivity index (χ0v) is 12.7. The maximum Gasteiger partial charge on any atom is 0.265 e. The summed E-state index contributed by atoms with van der Waals surface area (Å²) in [5.41, 5.74) is 3.09. The molecule has 0 aliphatic heterocycles. The molecule has 0 unspecified atom stereocenters. The van der Waals surface area contributed by atoms with E-state index in [-0.39, 0.29) is 5.91 Å². The van der Waals surface area contributed by atoms with Crippen molar-refractivity contribution >= 4 is 11.6 Å². The van der Waals surface area contributed by atoms with E-state index in [9.17, 15) is 4.79 Å². The van der Waals surface area contributed by atoms with Crippen molar-refractivity contribution in [3.63, 3.8) is 0 Å². The van der Waals surface area contributed by atoms with E-state index >= 15 is 0 Å². The van der Waals surface area contributed by atoms with Gasteiger partial charge in [-0.3, -0.25) is 4.79 Å². The van der Waals surface area contributed by atoms with Crippen LogP contribution in [0.3, 0.4) is 0 Å². The predicted octanol–water partition coefficient (Wildman–Crippen LogP) is 3.96. The summed E-state index contributed by atoms with van der Waals surface area (Å²) in [4.78, 5) is 12.1. The third-order valence-electron chi connectivity index (χ3n) is 3.27. The molecule has 0 saturated carbocycles. The molecule has 3 nitrogen and oxygen atoms in total. The number of anilines is 1. The first-order valence-electron chi connectivity index (χ1n) is 7.21. The van der Waals surface area contributed by atoms with Crippen LogP contribution in [0, 0.1) is 6.92 Å². The molecule has 0 aliphatic carbocycles. The minimum absolute atomic E-state index is 0.150. The summed E-state index contributed by atoms with van der Waals surface area (Å²) >= 11 is 0. The van der Waals surface area contributed by atoms with E-state index in [4.69, 9.17) is 4.74 Å². The van der Waals surface area contributed by atoms with E-state index in [0.29, 0.717) is 0 Å². The lowest BCUT2D eigenvalue weighted by molar-refractivity contribution is -0.122. The second-order valence-electron chi connectivity index (χ2n) is 5.12. The summed E-state index contributed by atoms with van der Waals surface area (Å²) in [7, 11) is 0. The van der Waals surface area contributed by atoms with E-state index in [1.807, 2.05) is 55.5 Å². The molecule has 0 aliphatic rings. The van der Waals surface area contributed by atoms with E-state index < -0.39 is 6.10 Å². The molecule has 0 bridgehead atoms. The van der Waals surface area contributed by atoms with Crippen LogP contribution in [0.5, 0.6) is 5.75 Å². The Labute approximate surface area is 126 Å². The third-order valence-corrected chi connectivity index (χ3v) is 3.27. The molecule has 1 atom stereocenters. The highest BCUT2D eigenvalue weighted by molar-refractivity contribution is 5.94. The Bertz CT molecular complexity index is 622. The molecule has 21 heavy (non-hydrogen) atoms. The topological polar surface area (TPSA) is 38.3 Å². The standard InChI is InChI=1S/C18H21NO2/c1-4-15-8-6-10-17(12-15)21-14(3)18(20)19-16-9-5-7-13(2)11-16/h5-12,14H,4H2,1-3H3,(H,19,20)/t14-/m0/s1. The molecular formula is C18H21NO2. The molecule has 0 fully saturated rings. The Balaban J connectivity index is 1.99. The molecule has 1 N–H and O–H groups in total. The molecule has 0 radical (unpaired) electrons. The average molecular weight is 283 g/mol. The number of nitrogens with one attached hydrogen (secondary N) is 1. The first-order chi connectivity index (χ1) is 10.1.